The van der Waals surface area contributed by atoms with Gasteiger partial charge in [-0.25, -0.2) is 19.1 Å². The molecule has 0 amide bonds. The highest BCUT2D eigenvalue weighted by Crippen LogP contribution is 2.37. The van der Waals surface area contributed by atoms with Gasteiger partial charge in [0.2, 0.25) is 5.89 Å². The lowest BCUT2D eigenvalue weighted by Gasteiger charge is -2.31. The fourth-order valence-corrected chi connectivity index (χ4v) is 6.40. The van der Waals surface area contributed by atoms with E-state index in [1.807, 2.05) is 30.3 Å². The van der Waals surface area contributed by atoms with E-state index in [0.29, 0.717) is 21.2 Å². The third-order valence-corrected chi connectivity index (χ3v) is 8.82. The van der Waals surface area contributed by atoms with Crippen molar-refractivity contribution in [1.29, 1.82) is 0 Å². The van der Waals surface area contributed by atoms with E-state index in [9.17, 15) is 19.5 Å². The molecule has 3 heterocycles. The summed E-state index contributed by atoms with van der Waals surface area (Å²) in [6.45, 7) is 4.54. The molecule has 4 aromatic rings. The summed E-state index contributed by atoms with van der Waals surface area (Å²) < 4.78 is 14.4. The zero-order valence-corrected chi connectivity index (χ0v) is 22.9. The molecule has 0 saturated heterocycles. The smallest absolute Gasteiger partial charge is 0.333 e. The summed E-state index contributed by atoms with van der Waals surface area (Å²) in [5, 5.41) is 10.2. The molecule has 1 aromatic carbocycles. The number of benzene rings is 1. The first-order chi connectivity index (χ1) is 18.6. The molecular formula is C28H32N4O6S. The normalized spacial score (nSPS) is 18.9. The summed E-state index contributed by atoms with van der Waals surface area (Å²) >= 11 is 1.22. The average molecular weight is 553 g/mol. The summed E-state index contributed by atoms with van der Waals surface area (Å²) in [6, 6.07) is 9.77. The molecule has 1 saturated carbocycles. The van der Waals surface area contributed by atoms with Gasteiger partial charge in [-0.3, -0.25) is 9.36 Å². The Morgan fingerprint density at radius 3 is 2.54 bits per heavy atom. The van der Waals surface area contributed by atoms with Crippen molar-refractivity contribution in [2.24, 2.45) is 5.73 Å². The van der Waals surface area contributed by atoms with Crippen LogP contribution < -0.4 is 17.0 Å². The van der Waals surface area contributed by atoms with Crippen LogP contribution in [0.4, 0.5) is 0 Å². The van der Waals surface area contributed by atoms with E-state index in [-0.39, 0.29) is 24.1 Å². The monoisotopic (exact) mass is 552 g/mol. The number of carbonyl (C=O) groups is 1. The van der Waals surface area contributed by atoms with Gasteiger partial charge in [-0.2, -0.15) is 0 Å². The van der Waals surface area contributed by atoms with Gasteiger partial charge in [-0.15, -0.1) is 11.3 Å². The van der Waals surface area contributed by atoms with Crippen LogP contribution in [0.25, 0.3) is 21.0 Å². The zero-order chi connectivity index (χ0) is 27.9. The summed E-state index contributed by atoms with van der Waals surface area (Å²) in [6.07, 6.45) is 5.74. The van der Waals surface area contributed by atoms with Crippen LogP contribution >= 0.6 is 11.3 Å². The molecule has 0 radical (unpaired) electrons. The van der Waals surface area contributed by atoms with Crippen LogP contribution in [0.1, 0.15) is 56.8 Å². The number of thiophene rings is 1. The molecule has 1 atom stereocenters. The number of hydrogen-bond donors (Lipinski definition) is 2. The number of oxazole rings is 1. The largest absolute Gasteiger partial charge is 0.480 e. The number of rotatable bonds is 8. The first kappa shape index (κ1) is 27.0. The molecule has 3 aromatic heterocycles. The lowest BCUT2D eigenvalue weighted by molar-refractivity contribution is -0.146. The van der Waals surface area contributed by atoms with Crippen molar-refractivity contribution in [1.82, 2.24) is 14.1 Å². The molecule has 39 heavy (non-hydrogen) atoms. The maximum absolute atomic E-state index is 14.0. The summed E-state index contributed by atoms with van der Waals surface area (Å²) in [5.41, 5.74) is 4.39. The Morgan fingerprint density at radius 1 is 1.23 bits per heavy atom. The second-order valence-electron chi connectivity index (χ2n) is 10.5. The van der Waals surface area contributed by atoms with Crippen molar-refractivity contribution >= 4 is 27.5 Å². The fraction of sp³-hybridized carbons (Fsp3) is 0.429. The van der Waals surface area contributed by atoms with Gasteiger partial charge in [-0.05, 0) is 57.6 Å². The third-order valence-electron chi connectivity index (χ3n) is 7.52. The maximum Gasteiger partial charge on any atom is 0.333 e. The van der Waals surface area contributed by atoms with E-state index in [4.69, 9.17) is 14.9 Å². The van der Waals surface area contributed by atoms with E-state index in [0.717, 1.165) is 35.8 Å². The second kappa shape index (κ2) is 10.6. The molecule has 206 valence electrons. The Hall–Kier alpha value is -3.54. The Labute approximate surface area is 228 Å². The Morgan fingerprint density at radius 2 is 1.92 bits per heavy atom. The van der Waals surface area contributed by atoms with Crippen LogP contribution in [0.3, 0.4) is 0 Å². The summed E-state index contributed by atoms with van der Waals surface area (Å²) in [4.78, 5) is 45.3. The van der Waals surface area contributed by atoms with E-state index >= 15 is 0 Å². The number of carboxylic acid groups (broad SMARTS) is 1. The number of aromatic nitrogens is 3. The minimum absolute atomic E-state index is 0.0319. The van der Waals surface area contributed by atoms with Gasteiger partial charge in [0.15, 0.2) is 0 Å². The van der Waals surface area contributed by atoms with Gasteiger partial charge in [0.05, 0.1) is 29.1 Å². The van der Waals surface area contributed by atoms with Gasteiger partial charge in [-0.1, -0.05) is 30.3 Å². The molecule has 1 fully saturated rings. The SMILES string of the molecule is Cc1c(-c2ncco2)sc2c1c(=O)n(C(C)(C)C(=O)O)c(=O)n2C[C@H](O[C@H]1CC[C@H](N)CC1)c1ccccc1. The Bertz CT molecular complexity index is 1590. The molecule has 10 nitrogen and oxygen atoms in total. The number of nitrogens with two attached hydrogens (primary N) is 1. The molecule has 0 spiro atoms. The highest BCUT2D eigenvalue weighted by atomic mass is 32.1. The van der Waals surface area contributed by atoms with Crippen molar-refractivity contribution in [3.63, 3.8) is 0 Å². The number of carboxylic acids is 1. The van der Waals surface area contributed by atoms with Gasteiger partial charge < -0.3 is 20.0 Å². The third kappa shape index (κ3) is 4.97. The van der Waals surface area contributed by atoms with Gasteiger partial charge >= 0.3 is 11.7 Å². The van der Waals surface area contributed by atoms with Crippen LogP contribution in [0, 0.1) is 6.92 Å². The topological polar surface area (TPSA) is 143 Å². The average Bonchev–Trinajstić information content (AvgIpc) is 3.55. The predicted octanol–water partition coefficient (Wildman–Crippen LogP) is 4.04. The molecule has 5 rings (SSSR count). The number of aliphatic carboxylic acids is 1. The number of hydrogen-bond acceptors (Lipinski definition) is 8. The molecule has 1 aliphatic carbocycles. The molecular weight excluding hydrogens is 520 g/mol. The summed E-state index contributed by atoms with van der Waals surface area (Å²) in [7, 11) is 0. The van der Waals surface area contributed by atoms with Crippen molar-refractivity contribution in [2.45, 2.75) is 76.8 Å². The van der Waals surface area contributed by atoms with Crippen molar-refractivity contribution < 1.29 is 19.1 Å². The van der Waals surface area contributed by atoms with Crippen LogP contribution in [-0.4, -0.2) is 37.3 Å². The van der Waals surface area contributed by atoms with Crippen LogP contribution in [0.2, 0.25) is 0 Å². The summed E-state index contributed by atoms with van der Waals surface area (Å²) in [5.74, 6) is -0.964. The molecule has 0 unspecified atom stereocenters. The van der Waals surface area contributed by atoms with E-state index in [1.54, 1.807) is 6.92 Å². The minimum Gasteiger partial charge on any atom is -0.480 e. The highest BCUT2D eigenvalue weighted by Gasteiger charge is 2.36. The maximum atomic E-state index is 14.0. The number of fused-ring (bicyclic) bond motifs is 1. The fourth-order valence-electron chi connectivity index (χ4n) is 5.15. The van der Waals surface area contributed by atoms with Crippen molar-refractivity contribution in [3.05, 3.63) is 74.8 Å². The highest BCUT2D eigenvalue weighted by molar-refractivity contribution is 7.22. The number of nitrogens with zero attached hydrogens (tertiary/aromatic N) is 3. The minimum atomic E-state index is -1.79. The van der Waals surface area contributed by atoms with Gasteiger partial charge in [0.25, 0.3) is 5.56 Å². The number of ether oxygens (including phenoxy) is 1. The predicted molar refractivity (Wildman–Crippen MR) is 148 cm³/mol. The molecule has 0 bridgehead atoms. The van der Waals surface area contributed by atoms with Crippen LogP contribution in [0.5, 0.6) is 0 Å². The molecule has 3 N–H and O–H groups in total. The van der Waals surface area contributed by atoms with Crippen molar-refractivity contribution in [2.75, 3.05) is 0 Å². The first-order valence-corrected chi connectivity index (χ1v) is 13.8. The lowest BCUT2D eigenvalue weighted by atomic mass is 9.93. The quantitative estimate of drug-likeness (QED) is 0.334. The van der Waals surface area contributed by atoms with Gasteiger partial charge in [0, 0.05) is 6.04 Å². The molecule has 1 aliphatic rings. The standard InChI is InChI=1S/C28H32N4O6S/c1-16-21-24(33)32(28(2,3)26(34)35)27(36)31(25(21)39-22(16)23-30-13-14-37-23)15-20(17-7-5-4-6-8-17)38-19-11-9-18(29)10-12-19/h4-8,13-14,18-20H,9-12,15,29H2,1-3H3,(H,34,35)/t18-,19-,20-/m0/s1. The van der Waals surface area contributed by atoms with E-state index in [2.05, 4.69) is 4.98 Å². The van der Waals surface area contributed by atoms with Crippen molar-refractivity contribution in [3.8, 4) is 10.8 Å². The lowest BCUT2D eigenvalue weighted by Crippen LogP contribution is -2.52. The number of aryl methyl sites for hydroxylation is 1. The molecule has 11 heteroatoms. The van der Waals surface area contributed by atoms with Gasteiger partial charge in [0.1, 0.15) is 22.7 Å². The zero-order valence-electron chi connectivity index (χ0n) is 22.1. The van der Waals surface area contributed by atoms with E-state index < -0.39 is 28.9 Å². The Kier molecular flexibility index (Phi) is 7.32. The van der Waals surface area contributed by atoms with E-state index in [1.165, 1.54) is 42.2 Å². The molecule has 0 aliphatic heterocycles. The Balaban J connectivity index is 1.71. The second-order valence-corrected chi connectivity index (χ2v) is 11.5. The van der Waals surface area contributed by atoms with Crippen LogP contribution in [0.15, 0.2) is 56.8 Å². The first-order valence-electron chi connectivity index (χ1n) is 13.0. The van der Waals surface area contributed by atoms with Crippen LogP contribution in [-0.2, 0) is 21.6 Å².